The molecule has 26 heavy (non-hydrogen) atoms. The zero-order valence-corrected chi connectivity index (χ0v) is 16.5. The molecule has 2 aliphatic carbocycles. The van der Waals surface area contributed by atoms with E-state index in [9.17, 15) is 5.26 Å². The van der Waals surface area contributed by atoms with Crippen LogP contribution in [0.1, 0.15) is 71.3 Å². The van der Waals surface area contributed by atoms with Gasteiger partial charge in [0.05, 0.1) is 18.2 Å². The molecule has 0 saturated heterocycles. The molecule has 0 aliphatic heterocycles. The summed E-state index contributed by atoms with van der Waals surface area (Å²) in [6.45, 7) is 7.36. The lowest BCUT2D eigenvalue weighted by Crippen LogP contribution is -2.08. The number of hydrogen-bond donors (Lipinski definition) is 0. The third kappa shape index (κ3) is 4.79. The second-order valence-electron chi connectivity index (χ2n) is 8.46. The predicted octanol–water partition coefficient (Wildman–Crippen LogP) is 6.48. The number of nitriles is 1. The van der Waals surface area contributed by atoms with Crippen LogP contribution >= 0.6 is 0 Å². The number of rotatable bonds is 5. The van der Waals surface area contributed by atoms with E-state index < -0.39 is 0 Å². The van der Waals surface area contributed by atoms with Gasteiger partial charge in [0.15, 0.2) is 0 Å². The lowest BCUT2D eigenvalue weighted by atomic mass is 9.92. The predicted molar refractivity (Wildman–Crippen MR) is 107 cm³/mol. The first kappa shape index (κ1) is 18.8. The molecule has 2 heteroatoms. The van der Waals surface area contributed by atoms with Crippen LogP contribution < -0.4 is 4.74 Å². The van der Waals surface area contributed by atoms with Gasteiger partial charge >= 0.3 is 0 Å². The Morgan fingerprint density at radius 1 is 1.12 bits per heavy atom. The maximum Gasteiger partial charge on any atom is 0.119 e. The van der Waals surface area contributed by atoms with E-state index >= 15 is 0 Å². The van der Waals surface area contributed by atoms with Gasteiger partial charge in [-0.25, -0.2) is 0 Å². The van der Waals surface area contributed by atoms with E-state index in [2.05, 4.69) is 57.2 Å². The molecule has 1 aromatic carbocycles. The smallest absolute Gasteiger partial charge is 0.119 e. The van der Waals surface area contributed by atoms with Gasteiger partial charge in [-0.15, -0.1) is 0 Å². The fourth-order valence-corrected chi connectivity index (χ4v) is 3.76. The first-order chi connectivity index (χ1) is 12.5. The van der Waals surface area contributed by atoms with Gasteiger partial charge in [0.1, 0.15) is 5.75 Å². The van der Waals surface area contributed by atoms with Crippen molar-refractivity contribution in [3.8, 4) is 11.8 Å². The average Bonchev–Trinajstić information content (AvgIpc) is 3.38. The largest absolute Gasteiger partial charge is 0.494 e. The highest BCUT2D eigenvalue weighted by Crippen LogP contribution is 2.47. The number of hydrogen-bond acceptors (Lipinski definition) is 2. The fourth-order valence-electron chi connectivity index (χ4n) is 3.76. The summed E-state index contributed by atoms with van der Waals surface area (Å²) in [4.78, 5) is 0. The van der Waals surface area contributed by atoms with Gasteiger partial charge < -0.3 is 4.74 Å². The summed E-state index contributed by atoms with van der Waals surface area (Å²) in [5, 5.41) is 9.32. The van der Waals surface area contributed by atoms with Gasteiger partial charge in [-0.05, 0) is 93.9 Å². The Balaban J connectivity index is 1.50. The van der Waals surface area contributed by atoms with E-state index in [0.29, 0.717) is 11.3 Å². The second kappa shape index (κ2) is 8.12. The van der Waals surface area contributed by atoms with Crippen LogP contribution in [0.2, 0.25) is 0 Å². The minimum atomic E-state index is 0.426. The molecule has 1 fully saturated rings. The van der Waals surface area contributed by atoms with Gasteiger partial charge in [0, 0.05) is 0 Å². The Hall–Kier alpha value is -2.01. The molecule has 138 valence electrons. The molecule has 0 aromatic heterocycles. The van der Waals surface area contributed by atoms with Crippen molar-refractivity contribution >= 4 is 0 Å². The average molecular weight is 350 g/mol. The van der Waals surface area contributed by atoms with Crippen LogP contribution in [-0.4, -0.2) is 6.61 Å². The molecule has 2 nitrogen and oxygen atoms in total. The van der Waals surface area contributed by atoms with Crippen LogP contribution in [0.3, 0.4) is 0 Å². The van der Waals surface area contributed by atoms with Crippen LogP contribution in [0.4, 0.5) is 0 Å². The molecule has 0 unspecified atom stereocenters. The Labute approximate surface area is 158 Å². The van der Waals surface area contributed by atoms with Gasteiger partial charge in [0.25, 0.3) is 0 Å². The zero-order valence-electron chi connectivity index (χ0n) is 16.5. The highest BCUT2D eigenvalue weighted by atomic mass is 16.5. The van der Waals surface area contributed by atoms with Crippen molar-refractivity contribution < 1.29 is 4.74 Å². The second-order valence-corrected chi connectivity index (χ2v) is 8.46. The molecule has 0 heterocycles. The fraction of sp³-hybridized carbons (Fsp3) is 0.542. The van der Waals surface area contributed by atoms with Gasteiger partial charge in [-0.3, -0.25) is 0 Å². The Bertz CT molecular complexity index is 728. The number of nitrogens with zero attached hydrogens (tertiary/aromatic N) is 1. The minimum Gasteiger partial charge on any atom is -0.494 e. The van der Waals surface area contributed by atoms with Crippen molar-refractivity contribution in [2.24, 2.45) is 5.92 Å². The summed E-state index contributed by atoms with van der Waals surface area (Å²) in [5.41, 5.74) is 5.28. The summed E-state index contributed by atoms with van der Waals surface area (Å²) in [5.74, 6) is 1.65. The van der Waals surface area contributed by atoms with Crippen molar-refractivity contribution in [1.82, 2.24) is 0 Å². The highest BCUT2D eigenvalue weighted by Gasteiger charge is 2.38. The summed E-state index contributed by atoms with van der Waals surface area (Å²) in [6, 6.07) is 11.1. The first-order valence-corrected chi connectivity index (χ1v) is 10.0. The molecule has 0 spiro atoms. The normalized spacial score (nSPS) is 27.3. The van der Waals surface area contributed by atoms with Crippen LogP contribution in [0.25, 0.3) is 0 Å². The molecular weight excluding hydrogens is 318 g/mol. The third-order valence-corrected chi connectivity index (χ3v) is 6.19. The highest BCUT2D eigenvalue weighted by molar-refractivity contribution is 5.39. The molecule has 1 saturated carbocycles. The lowest BCUT2D eigenvalue weighted by molar-refractivity contribution is 0.266. The topological polar surface area (TPSA) is 33.0 Å². The van der Waals surface area contributed by atoms with Crippen molar-refractivity contribution in [1.29, 1.82) is 5.26 Å². The van der Waals surface area contributed by atoms with Crippen LogP contribution in [0.5, 0.6) is 5.75 Å². The van der Waals surface area contributed by atoms with Gasteiger partial charge in [-0.1, -0.05) is 30.2 Å². The van der Waals surface area contributed by atoms with Crippen LogP contribution in [0, 0.1) is 17.2 Å². The van der Waals surface area contributed by atoms with Crippen molar-refractivity contribution in [2.45, 2.75) is 71.1 Å². The molecule has 0 radical (unpaired) electrons. The van der Waals surface area contributed by atoms with Crippen molar-refractivity contribution in [3.05, 3.63) is 52.6 Å². The molecule has 1 atom stereocenters. The summed E-state index contributed by atoms with van der Waals surface area (Å²) in [7, 11) is 0. The molecule has 0 bridgehead atoms. The summed E-state index contributed by atoms with van der Waals surface area (Å²) >= 11 is 0. The van der Waals surface area contributed by atoms with E-state index in [1.54, 1.807) is 0 Å². The maximum absolute atomic E-state index is 9.32. The zero-order chi connectivity index (χ0) is 18.6. The SMILES string of the molecule is C/C1=C\C(C#N)=C(\C)CC[C@@H](CCOc2ccc(C3(C)CC3)cc2)CC1. The first-order valence-electron chi connectivity index (χ1n) is 10.0. The van der Waals surface area contributed by atoms with Crippen molar-refractivity contribution in [2.75, 3.05) is 6.61 Å². The van der Waals surface area contributed by atoms with Gasteiger partial charge in [-0.2, -0.15) is 5.26 Å². The monoisotopic (exact) mass is 349 g/mol. The number of ether oxygens (including phenoxy) is 1. The maximum atomic E-state index is 9.32. The Kier molecular flexibility index (Phi) is 5.87. The van der Waals surface area contributed by atoms with E-state index in [0.717, 1.165) is 43.6 Å². The van der Waals surface area contributed by atoms with E-state index in [-0.39, 0.29) is 0 Å². The van der Waals surface area contributed by atoms with E-state index in [1.807, 2.05) is 0 Å². The lowest BCUT2D eigenvalue weighted by Gasteiger charge is -2.17. The number of benzene rings is 1. The molecule has 2 aliphatic rings. The van der Waals surface area contributed by atoms with Crippen molar-refractivity contribution in [3.63, 3.8) is 0 Å². The summed E-state index contributed by atoms with van der Waals surface area (Å²) in [6.07, 6.45) is 10.2. The third-order valence-electron chi connectivity index (χ3n) is 6.19. The Morgan fingerprint density at radius 2 is 1.81 bits per heavy atom. The Morgan fingerprint density at radius 3 is 2.46 bits per heavy atom. The van der Waals surface area contributed by atoms with Crippen LogP contribution in [0.15, 0.2) is 47.1 Å². The molecule has 0 amide bonds. The molecule has 0 N–H and O–H groups in total. The summed E-state index contributed by atoms with van der Waals surface area (Å²) < 4.78 is 6.02. The van der Waals surface area contributed by atoms with Gasteiger partial charge in [0.2, 0.25) is 0 Å². The minimum absolute atomic E-state index is 0.426. The molecule has 1 aromatic rings. The quantitative estimate of drug-likeness (QED) is 0.609. The standard InChI is InChI=1S/C24H31NO/c1-18-4-6-20(7-5-19(2)21(16-18)17-25)12-15-26-23-10-8-22(9-11-23)24(3)13-14-24/h8-11,16,20H,4-7,12-15H2,1-3H3/b18-16+,21-19+/t20-/m0/s1. The number of allylic oxidation sites excluding steroid dienone is 4. The van der Waals surface area contributed by atoms with E-state index in [1.165, 1.54) is 36.0 Å². The van der Waals surface area contributed by atoms with E-state index in [4.69, 9.17) is 4.74 Å². The molecular formula is C24H31NO. The van der Waals surface area contributed by atoms with Crippen LogP contribution in [-0.2, 0) is 5.41 Å². The molecule has 3 rings (SSSR count).